The van der Waals surface area contributed by atoms with E-state index in [-0.39, 0.29) is 0 Å². The third-order valence-electron chi connectivity index (χ3n) is 0.853. The Labute approximate surface area is 62.0 Å². The van der Waals surface area contributed by atoms with Gasteiger partial charge in [-0.2, -0.15) is 4.37 Å². The molecule has 1 amide bonds. The summed E-state index contributed by atoms with van der Waals surface area (Å²) in [5.74, 6) is 0.525. The Kier molecular flexibility index (Phi) is 2.22. The minimum atomic E-state index is -0.495. The van der Waals surface area contributed by atoms with E-state index in [0.717, 1.165) is 0 Å². The molecular formula is C5H6N2O2S. The molecule has 0 aromatic carbocycles. The largest absolute Gasteiger partial charge is 0.453 e. The normalized spacial score (nSPS) is 8.90. The second-order valence-corrected chi connectivity index (χ2v) is 2.17. The zero-order valence-corrected chi connectivity index (χ0v) is 6.14. The fraction of sp³-hybridized carbons (Fsp3) is 0.200. The first kappa shape index (κ1) is 7.01. The maximum absolute atomic E-state index is 10.5. The van der Waals surface area contributed by atoms with E-state index >= 15 is 0 Å². The molecule has 0 saturated heterocycles. The first-order valence-corrected chi connectivity index (χ1v) is 3.42. The van der Waals surface area contributed by atoms with Crippen LogP contribution in [-0.4, -0.2) is 17.6 Å². The van der Waals surface area contributed by atoms with Gasteiger partial charge in [0.25, 0.3) is 0 Å². The van der Waals surface area contributed by atoms with Crippen molar-refractivity contribution in [2.45, 2.75) is 0 Å². The molecule has 0 saturated carbocycles. The van der Waals surface area contributed by atoms with Gasteiger partial charge in [-0.1, -0.05) is 0 Å². The molecule has 0 radical (unpaired) electrons. The molecule has 4 nitrogen and oxygen atoms in total. The van der Waals surface area contributed by atoms with Crippen molar-refractivity contribution in [2.24, 2.45) is 0 Å². The van der Waals surface area contributed by atoms with Crippen LogP contribution in [0.15, 0.2) is 11.4 Å². The van der Waals surface area contributed by atoms with Crippen LogP contribution in [0.3, 0.4) is 0 Å². The van der Waals surface area contributed by atoms with Gasteiger partial charge in [-0.3, -0.25) is 5.32 Å². The maximum Gasteiger partial charge on any atom is 0.412 e. The minimum absolute atomic E-state index is 0.495. The van der Waals surface area contributed by atoms with Gasteiger partial charge in [-0.15, -0.1) is 0 Å². The van der Waals surface area contributed by atoms with Gasteiger partial charge in [-0.05, 0) is 17.6 Å². The molecular weight excluding hydrogens is 152 g/mol. The molecule has 54 valence electrons. The highest BCUT2D eigenvalue weighted by Gasteiger charge is 1.99. The van der Waals surface area contributed by atoms with Crippen LogP contribution in [0.25, 0.3) is 0 Å². The van der Waals surface area contributed by atoms with Crippen molar-refractivity contribution in [3.05, 3.63) is 11.4 Å². The first-order valence-electron chi connectivity index (χ1n) is 2.58. The van der Waals surface area contributed by atoms with E-state index in [0.29, 0.717) is 5.82 Å². The van der Waals surface area contributed by atoms with E-state index < -0.39 is 6.09 Å². The Morgan fingerprint density at radius 1 is 1.90 bits per heavy atom. The number of nitrogens with one attached hydrogen (secondary N) is 1. The van der Waals surface area contributed by atoms with Gasteiger partial charge in [0.1, 0.15) is 5.82 Å². The van der Waals surface area contributed by atoms with E-state index in [9.17, 15) is 4.79 Å². The summed E-state index contributed by atoms with van der Waals surface area (Å²) in [6.45, 7) is 0. The topological polar surface area (TPSA) is 51.2 Å². The zero-order valence-electron chi connectivity index (χ0n) is 5.33. The average molecular weight is 158 g/mol. The van der Waals surface area contributed by atoms with Crippen molar-refractivity contribution in [2.75, 3.05) is 12.4 Å². The van der Waals surface area contributed by atoms with Crippen LogP contribution in [0.2, 0.25) is 0 Å². The van der Waals surface area contributed by atoms with Crippen LogP contribution in [0.1, 0.15) is 0 Å². The Morgan fingerprint density at radius 3 is 3.20 bits per heavy atom. The third-order valence-corrected chi connectivity index (χ3v) is 1.41. The number of hydrogen-bond donors (Lipinski definition) is 1. The van der Waals surface area contributed by atoms with E-state index in [1.54, 1.807) is 11.4 Å². The van der Waals surface area contributed by atoms with Crippen molar-refractivity contribution in [3.63, 3.8) is 0 Å². The van der Waals surface area contributed by atoms with Gasteiger partial charge < -0.3 is 4.74 Å². The molecule has 0 bridgehead atoms. The van der Waals surface area contributed by atoms with Gasteiger partial charge in [0.2, 0.25) is 0 Å². The summed E-state index contributed by atoms with van der Waals surface area (Å²) < 4.78 is 8.17. The molecule has 0 atom stereocenters. The SMILES string of the molecule is COC(=O)Nc1ccsn1. The number of anilines is 1. The van der Waals surface area contributed by atoms with Crippen molar-refractivity contribution in [1.82, 2.24) is 4.37 Å². The molecule has 0 spiro atoms. The molecule has 10 heavy (non-hydrogen) atoms. The molecule has 1 aromatic rings. The Balaban J connectivity index is 2.48. The molecule has 1 rings (SSSR count). The van der Waals surface area contributed by atoms with E-state index in [1.165, 1.54) is 18.6 Å². The molecule has 1 N–H and O–H groups in total. The minimum Gasteiger partial charge on any atom is -0.453 e. The van der Waals surface area contributed by atoms with Crippen molar-refractivity contribution in [3.8, 4) is 0 Å². The van der Waals surface area contributed by atoms with Crippen LogP contribution in [0.4, 0.5) is 10.6 Å². The lowest BCUT2D eigenvalue weighted by atomic mass is 10.6. The number of nitrogens with zero attached hydrogens (tertiary/aromatic N) is 1. The Morgan fingerprint density at radius 2 is 2.70 bits per heavy atom. The van der Waals surface area contributed by atoms with E-state index in [2.05, 4.69) is 14.4 Å². The summed E-state index contributed by atoms with van der Waals surface area (Å²) in [6.07, 6.45) is -0.495. The second-order valence-electron chi connectivity index (χ2n) is 1.50. The molecule has 0 fully saturated rings. The number of aromatic nitrogens is 1. The van der Waals surface area contributed by atoms with Crippen LogP contribution >= 0.6 is 11.5 Å². The second kappa shape index (κ2) is 3.17. The number of carbonyl (C=O) groups excluding carboxylic acids is 1. The summed E-state index contributed by atoms with van der Waals surface area (Å²) >= 11 is 1.27. The number of ether oxygens (including phenoxy) is 1. The summed E-state index contributed by atoms with van der Waals surface area (Å²) in [5.41, 5.74) is 0. The number of rotatable bonds is 1. The lowest BCUT2D eigenvalue weighted by Gasteiger charge is -1.96. The molecule has 0 aliphatic carbocycles. The average Bonchev–Trinajstić information content (AvgIpc) is 2.40. The molecule has 0 unspecified atom stereocenters. The van der Waals surface area contributed by atoms with Gasteiger partial charge >= 0.3 is 6.09 Å². The summed E-state index contributed by atoms with van der Waals surface area (Å²) in [6, 6.07) is 1.70. The van der Waals surface area contributed by atoms with Crippen LogP contribution < -0.4 is 5.32 Å². The van der Waals surface area contributed by atoms with Crippen molar-refractivity contribution < 1.29 is 9.53 Å². The van der Waals surface area contributed by atoms with Gasteiger partial charge in [0.05, 0.1) is 7.11 Å². The van der Waals surface area contributed by atoms with E-state index in [1.807, 2.05) is 0 Å². The standard InChI is InChI=1S/C5H6N2O2S/c1-9-5(8)6-4-2-3-10-7-4/h2-3H,1H3,(H,6,7,8). The van der Waals surface area contributed by atoms with Crippen LogP contribution in [0, 0.1) is 0 Å². The summed E-state index contributed by atoms with van der Waals surface area (Å²) in [7, 11) is 1.31. The van der Waals surface area contributed by atoms with Crippen LogP contribution in [0.5, 0.6) is 0 Å². The highest BCUT2D eigenvalue weighted by atomic mass is 32.1. The molecule has 1 heterocycles. The van der Waals surface area contributed by atoms with Gasteiger partial charge in [0.15, 0.2) is 0 Å². The van der Waals surface area contributed by atoms with E-state index in [4.69, 9.17) is 0 Å². The predicted molar refractivity (Wildman–Crippen MR) is 38.1 cm³/mol. The molecule has 0 aliphatic heterocycles. The summed E-state index contributed by atoms with van der Waals surface area (Å²) in [5, 5.41) is 4.18. The number of amides is 1. The van der Waals surface area contributed by atoms with Crippen LogP contribution in [-0.2, 0) is 4.74 Å². The molecule has 5 heteroatoms. The third kappa shape index (κ3) is 1.70. The van der Waals surface area contributed by atoms with Gasteiger partial charge in [0, 0.05) is 5.38 Å². The maximum atomic E-state index is 10.5. The highest BCUT2D eigenvalue weighted by Crippen LogP contribution is 2.05. The quantitative estimate of drug-likeness (QED) is 0.670. The van der Waals surface area contributed by atoms with Crippen molar-refractivity contribution >= 4 is 23.4 Å². The lowest BCUT2D eigenvalue weighted by molar-refractivity contribution is 0.187. The zero-order chi connectivity index (χ0) is 7.40. The number of methoxy groups -OCH3 is 1. The smallest absolute Gasteiger partial charge is 0.412 e. The predicted octanol–water partition coefficient (Wildman–Crippen LogP) is 1.32. The highest BCUT2D eigenvalue weighted by molar-refractivity contribution is 7.03. The molecule has 1 aromatic heterocycles. The van der Waals surface area contributed by atoms with Gasteiger partial charge in [-0.25, -0.2) is 4.79 Å². The fourth-order valence-electron chi connectivity index (χ4n) is 0.433. The van der Waals surface area contributed by atoms with Crippen molar-refractivity contribution in [1.29, 1.82) is 0 Å². The lowest BCUT2D eigenvalue weighted by Crippen LogP contribution is -2.10. The Hall–Kier alpha value is -1.10. The summed E-state index contributed by atoms with van der Waals surface area (Å²) in [4.78, 5) is 10.5. The number of carbonyl (C=O) groups is 1. The molecule has 0 aliphatic rings. The monoisotopic (exact) mass is 158 g/mol. The first-order chi connectivity index (χ1) is 4.83. The fourth-order valence-corrected chi connectivity index (χ4v) is 0.903. The Bertz CT molecular complexity index is 209. The number of hydrogen-bond acceptors (Lipinski definition) is 4.